The molecule has 8 heteroatoms. The van der Waals surface area contributed by atoms with Gasteiger partial charge in [0.2, 0.25) is 0 Å². The van der Waals surface area contributed by atoms with Crippen molar-refractivity contribution in [3.63, 3.8) is 0 Å². The highest BCUT2D eigenvalue weighted by Crippen LogP contribution is 2.20. The lowest BCUT2D eigenvalue weighted by Gasteiger charge is -2.14. The molecule has 0 aliphatic carbocycles. The number of hydrogen-bond donors (Lipinski definition) is 0. The molecule has 0 unspecified atom stereocenters. The van der Waals surface area contributed by atoms with Gasteiger partial charge in [0.25, 0.3) is 5.91 Å². The third-order valence-electron chi connectivity index (χ3n) is 3.65. The molecule has 0 saturated heterocycles. The lowest BCUT2D eigenvalue weighted by molar-refractivity contribution is 0.0747. The summed E-state index contributed by atoms with van der Waals surface area (Å²) in [4.78, 5) is 13.9. The summed E-state index contributed by atoms with van der Waals surface area (Å²) < 4.78 is 38.8. The zero-order chi connectivity index (χ0) is 18.7. The van der Waals surface area contributed by atoms with E-state index in [1.54, 1.807) is 31.0 Å². The van der Waals surface area contributed by atoms with E-state index in [9.17, 15) is 13.6 Å². The van der Waals surface area contributed by atoms with Crippen molar-refractivity contribution in [3.8, 4) is 5.75 Å². The monoisotopic (exact) mass is 361 g/mol. The molecule has 0 aliphatic rings. The second kappa shape index (κ2) is 7.38. The van der Waals surface area contributed by atoms with E-state index in [1.165, 1.54) is 17.0 Å². The molecule has 2 heterocycles. The minimum Gasteiger partial charge on any atom is -0.483 e. The van der Waals surface area contributed by atoms with Crippen LogP contribution in [0.15, 0.2) is 47.0 Å². The number of carbonyl (C=O) groups is 1. The number of halogens is 2. The second-order valence-electron chi connectivity index (χ2n) is 5.77. The molecular weight excluding hydrogens is 344 g/mol. The van der Waals surface area contributed by atoms with E-state index in [0.29, 0.717) is 12.3 Å². The summed E-state index contributed by atoms with van der Waals surface area (Å²) in [5.41, 5.74) is 0.755. The molecule has 2 aromatic heterocycles. The number of hydrogen-bond acceptors (Lipinski definition) is 4. The number of ether oxygens (including phenoxy) is 1. The molecule has 6 nitrogen and oxygen atoms in total. The van der Waals surface area contributed by atoms with Crippen LogP contribution in [0.3, 0.4) is 0 Å². The minimum absolute atomic E-state index is 0.0835. The Morgan fingerprint density at radius 1 is 1.27 bits per heavy atom. The van der Waals surface area contributed by atoms with E-state index in [0.717, 1.165) is 17.8 Å². The molecule has 3 rings (SSSR count). The first-order valence-corrected chi connectivity index (χ1v) is 7.83. The summed E-state index contributed by atoms with van der Waals surface area (Å²) in [6.45, 7) is 0.257. The number of benzene rings is 1. The van der Waals surface area contributed by atoms with Crippen LogP contribution in [0.1, 0.15) is 22.0 Å². The Labute approximate surface area is 148 Å². The Bertz CT molecular complexity index is 920. The largest absolute Gasteiger partial charge is 0.483 e. The molecule has 26 heavy (non-hydrogen) atoms. The van der Waals surface area contributed by atoms with Gasteiger partial charge in [-0.15, -0.1) is 0 Å². The van der Waals surface area contributed by atoms with Crippen molar-refractivity contribution < 1.29 is 22.7 Å². The number of nitrogens with zero attached hydrogens (tertiary/aromatic N) is 3. The van der Waals surface area contributed by atoms with Crippen LogP contribution in [-0.2, 0) is 20.2 Å². The van der Waals surface area contributed by atoms with Gasteiger partial charge in [-0.1, -0.05) is 0 Å². The highest BCUT2D eigenvalue weighted by molar-refractivity contribution is 5.91. The SMILES string of the molecule is CN(Cc1ccn(C)n1)C(=O)c1ccc(COc2ccc(F)cc2F)o1. The lowest BCUT2D eigenvalue weighted by Crippen LogP contribution is -2.26. The smallest absolute Gasteiger partial charge is 0.289 e. The van der Waals surface area contributed by atoms with Crippen LogP contribution >= 0.6 is 0 Å². The summed E-state index contributed by atoms with van der Waals surface area (Å²) in [6, 6.07) is 7.95. The third-order valence-corrected chi connectivity index (χ3v) is 3.65. The second-order valence-corrected chi connectivity index (χ2v) is 5.77. The van der Waals surface area contributed by atoms with Crippen LogP contribution in [0.25, 0.3) is 0 Å². The quantitative estimate of drug-likeness (QED) is 0.677. The Balaban J connectivity index is 1.60. The Morgan fingerprint density at radius 2 is 2.08 bits per heavy atom. The van der Waals surface area contributed by atoms with E-state index < -0.39 is 11.6 Å². The molecule has 0 bridgehead atoms. The van der Waals surface area contributed by atoms with E-state index in [1.807, 2.05) is 6.07 Å². The number of furan rings is 1. The summed E-state index contributed by atoms with van der Waals surface area (Å²) in [7, 11) is 3.44. The van der Waals surface area contributed by atoms with Crippen molar-refractivity contribution in [2.45, 2.75) is 13.2 Å². The molecule has 0 radical (unpaired) electrons. The van der Waals surface area contributed by atoms with Gasteiger partial charge >= 0.3 is 0 Å². The summed E-state index contributed by atoms with van der Waals surface area (Å²) in [6.07, 6.45) is 1.80. The van der Waals surface area contributed by atoms with Crippen molar-refractivity contribution in [2.24, 2.45) is 7.05 Å². The predicted octanol–water partition coefficient (Wildman–Crippen LogP) is 3.14. The van der Waals surface area contributed by atoms with Crippen molar-refractivity contribution in [2.75, 3.05) is 7.05 Å². The van der Waals surface area contributed by atoms with Gasteiger partial charge in [0.05, 0.1) is 12.2 Å². The molecule has 136 valence electrons. The van der Waals surface area contributed by atoms with Gasteiger partial charge in [0.15, 0.2) is 17.3 Å². The van der Waals surface area contributed by atoms with Crippen molar-refractivity contribution in [3.05, 3.63) is 71.4 Å². The fourth-order valence-corrected chi connectivity index (χ4v) is 2.36. The zero-order valence-corrected chi connectivity index (χ0v) is 14.3. The summed E-state index contributed by atoms with van der Waals surface area (Å²) in [5, 5.41) is 4.22. The number of aryl methyl sites for hydroxylation is 1. The van der Waals surface area contributed by atoms with Crippen LogP contribution in [-0.4, -0.2) is 27.6 Å². The maximum Gasteiger partial charge on any atom is 0.289 e. The van der Waals surface area contributed by atoms with Crippen LogP contribution < -0.4 is 4.74 Å². The maximum atomic E-state index is 13.5. The van der Waals surface area contributed by atoms with Crippen molar-refractivity contribution >= 4 is 5.91 Å². The highest BCUT2D eigenvalue weighted by Gasteiger charge is 2.17. The first kappa shape index (κ1) is 17.7. The molecular formula is C18H17F2N3O3. The third kappa shape index (κ3) is 4.08. The van der Waals surface area contributed by atoms with E-state index in [2.05, 4.69) is 5.10 Å². The molecule has 0 spiro atoms. The number of amides is 1. The van der Waals surface area contributed by atoms with Crippen LogP contribution in [0.4, 0.5) is 8.78 Å². The van der Waals surface area contributed by atoms with E-state index in [-0.39, 0.29) is 24.0 Å². The van der Waals surface area contributed by atoms with E-state index >= 15 is 0 Å². The summed E-state index contributed by atoms with van der Waals surface area (Å²) in [5.74, 6) is -1.40. The van der Waals surface area contributed by atoms with Gasteiger partial charge in [0.1, 0.15) is 18.2 Å². The first-order valence-electron chi connectivity index (χ1n) is 7.83. The first-order chi connectivity index (χ1) is 12.4. The molecule has 0 fully saturated rings. The highest BCUT2D eigenvalue weighted by atomic mass is 19.1. The Morgan fingerprint density at radius 3 is 2.77 bits per heavy atom. The fraction of sp³-hybridized carbons (Fsp3) is 0.222. The number of aromatic nitrogens is 2. The van der Waals surface area contributed by atoms with Gasteiger partial charge in [-0.25, -0.2) is 8.78 Å². The van der Waals surface area contributed by atoms with Crippen molar-refractivity contribution in [1.82, 2.24) is 14.7 Å². The van der Waals surface area contributed by atoms with Gasteiger partial charge in [0, 0.05) is 26.4 Å². The minimum atomic E-state index is -0.803. The van der Waals surface area contributed by atoms with Gasteiger partial charge < -0.3 is 14.1 Å². The molecule has 0 aliphatic heterocycles. The standard InChI is InChI=1S/C18H17F2N3O3/c1-22(10-13-7-8-23(2)21-13)18(24)17-6-4-14(26-17)11-25-16-5-3-12(19)9-15(16)20/h3-9H,10-11H2,1-2H3. The molecule has 0 saturated carbocycles. The lowest BCUT2D eigenvalue weighted by atomic mass is 10.3. The van der Waals surface area contributed by atoms with Crippen LogP contribution in [0.2, 0.25) is 0 Å². The molecule has 1 amide bonds. The molecule has 3 aromatic rings. The fourth-order valence-electron chi connectivity index (χ4n) is 2.36. The van der Waals surface area contributed by atoms with E-state index in [4.69, 9.17) is 9.15 Å². The predicted molar refractivity (Wildman–Crippen MR) is 88.4 cm³/mol. The number of rotatable bonds is 6. The topological polar surface area (TPSA) is 60.5 Å². The molecule has 0 N–H and O–H groups in total. The van der Waals surface area contributed by atoms with Gasteiger partial charge in [-0.05, 0) is 30.3 Å². The van der Waals surface area contributed by atoms with Gasteiger partial charge in [-0.2, -0.15) is 5.10 Å². The Kier molecular flexibility index (Phi) is 5.01. The molecule has 0 atom stereocenters. The number of carbonyl (C=O) groups excluding carboxylic acids is 1. The van der Waals surface area contributed by atoms with Gasteiger partial charge in [-0.3, -0.25) is 9.48 Å². The average molecular weight is 361 g/mol. The molecule has 1 aromatic carbocycles. The summed E-state index contributed by atoms with van der Waals surface area (Å²) >= 11 is 0. The van der Waals surface area contributed by atoms with Crippen LogP contribution in [0.5, 0.6) is 5.75 Å². The van der Waals surface area contributed by atoms with Crippen LogP contribution in [0, 0.1) is 11.6 Å². The maximum absolute atomic E-state index is 13.5. The normalized spacial score (nSPS) is 10.8. The zero-order valence-electron chi connectivity index (χ0n) is 14.3. The average Bonchev–Trinajstić information content (AvgIpc) is 3.22. The van der Waals surface area contributed by atoms with Crippen molar-refractivity contribution in [1.29, 1.82) is 0 Å². The Hall–Kier alpha value is -3.16.